The molecule has 6 rings (SSSR count). The molecule has 3 heteroatoms. The van der Waals surface area contributed by atoms with E-state index in [4.69, 9.17) is 4.42 Å². The fourth-order valence-corrected chi connectivity index (χ4v) is 6.14. The van der Waals surface area contributed by atoms with E-state index < -0.39 is 0 Å². The van der Waals surface area contributed by atoms with Gasteiger partial charge in [-0.15, -0.1) is 0 Å². The third-order valence-corrected chi connectivity index (χ3v) is 8.17. The summed E-state index contributed by atoms with van der Waals surface area (Å²) in [6.45, 7) is 8.98. The number of aromatic nitrogens is 2. The van der Waals surface area contributed by atoms with Crippen LogP contribution in [0, 0.1) is 13.8 Å². The fourth-order valence-electron chi connectivity index (χ4n) is 6.14. The highest BCUT2D eigenvalue weighted by molar-refractivity contribution is 6.09. The van der Waals surface area contributed by atoms with Crippen LogP contribution < -0.4 is 9.13 Å². The van der Waals surface area contributed by atoms with Crippen LogP contribution in [0.4, 0.5) is 0 Å². The Hall–Kier alpha value is -4.24. The van der Waals surface area contributed by atoms with Crippen molar-refractivity contribution in [3.05, 3.63) is 120 Å². The Morgan fingerprint density at radius 3 is 1.95 bits per heavy atom. The standard InChI is InChI=1S/C35H34N2O/c1-23-13-7-8-14-25(23)28-16-11-19-31(36(28)5)35(3,4)32-20-12-17-29(37(32)6)33-24(2)21-22-27-26-15-9-10-18-30(26)38-34(27)33/h7-22H,1-6H3/q+2. The number of hydrogen-bond donors (Lipinski definition) is 0. The first kappa shape index (κ1) is 24.1. The van der Waals surface area contributed by atoms with Crippen molar-refractivity contribution < 1.29 is 13.6 Å². The Bertz CT molecular complexity index is 1840. The first-order valence-corrected chi connectivity index (χ1v) is 13.3. The maximum atomic E-state index is 6.46. The third kappa shape index (κ3) is 3.65. The first-order valence-electron chi connectivity index (χ1n) is 13.3. The molecule has 0 aliphatic heterocycles. The van der Waals surface area contributed by atoms with Gasteiger partial charge in [0, 0.05) is 40.6 Å². The molecule has 0 fully saturated rings. The molecule has 0 bridgehead atoms. The second-order valence-corrected chi connectivity index (χ2v) is 10.9. The number of aryl methyl sites for hydroxylation is 2. The predicted molar refractivity (Wildman–Crippen MR) is 155 cm³/mol. The van der Waals surface area contributed by atoms with Crippen molar-refractivity contribution in [1.29, 1.82) is 0 Å². The zero-order chi connectivity index (χ0) is 26.6. The number of hydrogen-bond acceptors (Lipinski definition) is 1. The van der Waals surface area contributed by atoms with E-state index in [-0.39, 0.29) is 5.41 Å². The van der Waals surface area contributed by atoms with Crippen LogP contribution in [0.3, 0.4) is 0 Å². The van der Waals surface area contributed by atoms with Gasteiger partial charge in [0.15, 0.2) is 11.4 Å². The molecule has 3 nitrogen and oxygen atoms in total. The molecule has 0 radical (unpaired) electrons. The SMILES string of the molecule is Cc1ccccc1-c1cccc(C(C)(C)c2cccc(-c3c(C)ccc4c3oc3ccccc34)[n+]2C)[n+]1C. The summed E-state index contributed by atoms with van der Waals surface area (Å²) in [7, 11) is 4.36. The number of benzene rings is 3. The summed E-state index contributed by atoms with van der Waals surface area (Å²) in [5, 5.41) is 2.31. The fraction of sp³-hybridized carbons (Fsp3) is 0.200. The molecule has 0 atom stereocenters. The van der Waals surface area contributed by atoms with Crippen molar-refractivity contribution in [2.45, 2.75) is 33.1 Å². The maximum absolute atomic E-state index is 6.46. The van der Waals surface area contributed by atoms with Crippen LogP contribution in [-0.4, -0.2) is 0 Å². The minimum Gasteiger partial charge on any atom is -0.455 e. The summed E-state index contributed by atoms with van der Waals surface area (Å²) in [5.41, 5.74) is 11.4. The Balaban J connectivity index is 1.54. The van der Waals surface area contributed by atoms with Crippen LogP contribution >= 0.6 is 0 Å². The molecule has 0 N–H and O–H groups in total. The molecular weight excluding hydrogens is 464 g/mol. The van der Waals surface area contributed by atoms with E-state index in [2.05, 4.69) is 142 Å². The van der Waals surface area contributed by atoms with Gasteiger partial charge in [0.1, 0.15) is 30.7 Å². The van der Waals surface area contributed by atoms with Crippen molar-refractivity contribution in [3.8, 4) is 22.5 Å². The lowest BCUT2D eigenvalue weighted by molar-refractivity contribution is -0.686. The molecule has 0 spiro atoms. The minimum absolute atomic E-state index is 0.256. The summed E-state index contributed by atoms with van der Waals surface area (Å²) in [4.78, 5) is 0. The predicted octanol–water partition coefficient (Wildman–Crippen LogP) is 7.51. The molecule has 0 aliphatic carbocycles. The molecule has 0 aliphatic rings. The number of para-hydroxylation sites is 1. The lowest BCUT2D eigenvalue weighted by Crippen LogP contribution is -2.49. The van der Waals surface area contributed by atoms with Crippen LogP contribution in [0.15, 0.2) is 101 Å². The maximum Gasteiger partial charge on any atom is 0.216 e. The lowest BCUT2D eigenvalue weighted by atomic mass is 9.83. The number of furan rings is 1. The molecule has 3 aromatic carbocycles. The molecule has 0 saturated carbocycles. The number of nitrogens with zero attached hydrogens (tertiary/aromatic N) is 2. The normalized spacial score (nSPS) is 11.9. The second kappa shape index (κ2) is 8.95. The van der Waals surface area contributed by atoms with Crippen LogP contribution in [0.2, 0.25) is 0 Å². The molecule has 0 saturated heterocycles. The van der Waals surface area contributed by atoms with Crippen LogP contribution in [-0.2, 0) is 19.5 Å². The molecule has 38 heavy (non-hydrogen) atoms. The Kier molecular flexibility index (Phi) is 5.68. The van der Waals surface area contributed by atoms with Crippen molar-refractivity contribution >= 4 is 21.9 Å². The van der Waals surface area contributed by atoms with Gasteiger partial charge in [-0.25, -0.2) is 0 Å². The van der Waals surface area contributed by atoms with E-state index >= 15 is 0 Å². The summed E-state index contributed by atoms with van der Waals surface area (Å²) >= 11 is 0. The first-order chi connectivity index (χ1) is 18.3. The quantitative estimate of drug-likeness (QED) is 0.230. The minimum atomic E-state index is -0.256. The molecule has 6 aromatic rings. The molecule has 3 aromatic heterocycles. The van der Waals surface area contributed by atoms with Gasteiger partial charge >= 0.3 is 0 Å². The molecular formula is C35H34N2O+2. The molecule has 3 heterocycles. The van der Waals surface area contributed by atoms with Gasteiger partial charge in [-0.3, -0.25) is 0 Å². The number of pyridine rings is 2. The van der Waals surface area contributed by atoms with Gasteiger partial charge in [0.25, 0.3) is 0 Å². The van der Waals surface area contributed by atoms with E-state index in [0.29, 0.717) is 0 Å². The average Bonchev–Trinajstić information content (AvgIpc) is 3.28. The van der Waals surface area contributed by atoms with E-state index in [1.807, 2.05) is 6.07 Å². The monoisotopic (exact) mass is 498 g/mol. The average molecular weight is 499 g/mol. The molecule has 0 unspecified atom stereocenters. The third-order valence-electron chi connectivity index (χ3n) is 8.17. The van der Waals surface area contributed by atoms with Crippen LogP contribution in [0.25, 0.3) is 44.5 Å². The van der Waals surface area contributed by atoms with E-state index in [0.717, 1.165) is 33.2 Å². The zero-order valence-corrected chi connectivity index (χ0v) is 23.0. The van der Waals surface area contributed by atoms with Gasteiger partial charge in [-0.1, -0.05) is 48.5 Å². The number of rotatable bonds is 4. The van der Waals surface area contributed by atoms with E-state index in [1.54, 1.807) is 0 Å². The Morgan fingerprint density at radius 1 is 0.579 bits per heavy atom. The van der Waals surface area contributed by atoms with Gasteiger partial charge in [-0.2, -0.15) is 9.13 Å². The summed E-state index contributed by atoms with van der Waals surface area (Å²) < 4.78 is 11.2. The highest BCUT2D eigenvalue weighted by Gasteiger charge is 2.40. The van der Waals surface area contributed by atoms with Crippen LogP contribution in [0.1, 0.15) is 36.4 Å². The molecule has 188 valence electrons. The van der Waals surface area contributed by atoms with Crippen molar-refractivity contribution in [3.63, 3.8) is 0 Å². The summed E-state index contributed by atoms with van der Waals surface area (Å²) in [6.07, 6.45) is 0. The summed E-state index contributed by atoms with van der Waals surface area (Å²) in [5.74, 6) is 0. The van der Waals surface area contributed by atoms with Gasteiger partial charge in [-0.05, 0) is 63.1 Å². The Morgan fingerprint density at radius 2 is 1.21 bits per heavy atom. The van der Waals surface area contributed by atoms with E-state index in [1.165, 1.54) is 33.8 Å². The summed E-state index contributed by atoms with van der Waals surface area (Å²) in [6, 6.07) is 34.6. The van der Waals surface area contributed by atoms with Crippen molar-refractivity contribution in [1.82, 2.24) is 0 Å². The smallest absolute Gasteiger partial charge is 0.216 e. The van der Waals surface area contributed by atoms with Crippen molar-refractivity contribution in [2.75, 3.05) is 0 Å². The van der Waals surface area contributed by atoms with Crippen molar-refractivity contribution in [2.24, 2.45) is 14.1 Å². The largest absolute Gasteiger partial charge is 0.455 e. The van der Waals surface area contributed by atoms with E-state index in [9.17, 15) is 0 Å². The molecule has 0 amide bonds. The van der Waals surface area contributed by atoms with Gasteiger partial charge in [0.05, 0.1) is 5.56 Å². The van der Waals surface area contributed by atoms with Crippen LogP contribution in [0.5, 0.6) is 0 Å². The number of fused-ring (bicyclic) bond motifs is 3. The van der Waals surface area contributed by atoms with Gasteiger partial charge < -0.3 is 4.42 Å². The topological polar surface area (TPSA) is 20.9 Å². The lowest BCUT2D eigenvalue weighted by Gasteiger charge is -2.22. The second-order valence-electron chi connectivity index (χ2n) is 10.9. The van der Waals surface area contributed by atoms with Gasteiger partial charge in [0.2, 0.25) is 11.4 Å². The highest BCUT2D eigenvalue weighted by atomic mass is 16.3. The zero-order valence-electron chi connectivity index (χ0n) is 23.0. The highest BCUT2D eigenvalue weighted by Crippen LogP contribution is 2.38. The Labute approximate surface area is 224 Å².